The smallest absolute Gasteiger partial charge is 0.322 e. The van der Waals surface area contributed by atoms with Gasteiger partial charge in [-0.25, -0.2) is 0 Å². The highest BCUT2D eigenvalue weighted by atomic mass is 16.4. The Bertz CT molecular complexity index is 957. The van der Waals surface area contributed by atoms with Gasteiger partial charge >= 0.3 is 5.97 Å². The fourth-order valence-corrected chi connectivity index (χ4v) is 4.19. The summed E-state index contributed by atoms with van der Waals surface area (Å²) in [4.78, 5) is 25.8. The zero-order chi connectivity index (χ0) is 22.4. The Morgan fingerprint density at radius 2 is 1.94 bits per heavy atom. The van der Waals surface area contributed by atoms with E-state index >= 15 is 0 Å². The molecule has 2 aromatic carbocycles. The van der Waals surface area contributed by atoms with E-state index in [1.807, 2.05) is 48.5 Å². The van der Waals surface area contributed by atoms with Gasteiger partial charge in [0.15, 0.2) is 0 Å². The number of nitrogens with zero attached hydrogens (tertiary/aromatic N) is 1. The third kappa shape index (κ3) is 5.73. The minimum absolute atomic E-state index is 0.0654. The number of carbonyl (C=O) groups excluding carboxylic acids is 1. The molecule has 1 aliphatic rings. The Labute approximate surface area is 183 Å². The molecule has 1 aliphatic heterocycles. The molecular formula is C25H30N2O4. The number of amides is 1. The van der Waals surface area contributed by atoms with Crippen molar-refractivity contribution in [3.63, 3.8) is 0 Å². The van der Waals surface area contributed by atoms with Crippen molar-refractivity contribution in [1.82, 2.24) is 10.2 Å². The summed E-state index contributed by atoms with van der Waals surface area (Å²) in [6.45, 7) is 6.06. The van der Waals surface area contributed by atoms with Crippen LogP contribution in [0.15, 0.2) is 60.2 Å². The van der Waals surface area contributed by atoms with E-state index in [2.05, 4.69) is 30.1 Å². The number of nitrogens with one attached hydrogen (secondary N) is 1. The van der Waals surface area contributed by atoms with Crippen LogP contribution < -0.4 is 5.32 Å². The minimum atomic E-state index is -1.07. The van der Waals surface area contributed by atoms with Gasteiger partial charge in [-0.1, -0.05) is 56.3 Å². The summed E-state index contributed by atoms with van der Waals surface area (Å²) in [5.41, 5.74) is 2.50. The largest absolute Gasteiger partial charge is 0.508 e. The van der Waals surface area contributed by atoms with Crippen LogP contribution in [-0.4, -0.2) is 53.2 Å². The second-order valence-corrected chi connectivity index (χ2v) is 8.51. The van der Waals surface area contributed by atoms with Crippen molar-refractivity contribution in [3.05, 3.63) is 71.3 Å². The maximum absolute atomic E-state index is 12.7. The lowest BCUT2D eigenvalue weighted by Gasteiger charge is -2.45. The molecule has 31 heavy (non-hydrogen) atoms. The predicted molar refractivity (Wildman–Crippen MR) is 121 cm³/mol. The number of likely N-dealkylation sites (tertiary alicyclic amines) is 1. The van der Waals surface area contributed by atoms with Crippen LogP contribution >= 0.6 is 0 Å². The van der Waals surface area contributed by atoms with E-state index in [1.54, 1.807) is 6.07 Å². The van der Waals surface area contributed by atoms with E-state index in [4.69, 9.17) is 5.11 Å². The lowest BCUT2D eigenvalue weighted by atomic mass is 9.68. The molecule has 1 amide bonds. The Morgan fingerprint density at radius 3 is 2.58 bits per heavy atom. The van der Waals surface area contributed by atoms with Crippen LogP contribution in [0, 0.1) is 5.92 Å². The van der Waals surface area contributed by atoms with Crippen molar-refractivity contribution in [2.24, 2.45) is 5.92 Å². The summed E-state index contributed by atoms with van der Waals surface area (Å²) in [6.07, 6.45) is 2.72. The third-order valence-corrected chi connectivity index (χ3v) is 6.30. The van der Waals surface area contributed by atoms with Gasteiger partial charge in [0.2, 0.25) is 5.91 Å². The predicted octanol–water partition coefficient (Wildman–Crippen LogP) is 3.28. The quantitative estimate of drug-likeness (QED) is 0.596. The molecule has 6 nitrogen and oxygen atoms in total. The van der Waals surface area contributed by atoms with Crippen molar-refractivity contribution in [2.45, 2.75) is 25.7 Å². The normalized spacial score (nSPS) is 22.1. The Morgan fingerprint density at radius 1 is 1.19 bits per heavy atom. The number of phenolic OH excluding ortho intramolecular Hbond substituents is 1. The SMILES string of the molecule is CC1CN(C/C(=C\c2ccccc2)C(=O)NCC(=O)O)CCC1(C)c1cccc(O)c1. The van der Waals surface area contributed by atoms with Gasteiger partial charge in [0.1, 0.15) is 12.3 Å². The van der Waals surface area contributed by atoms with E-state index in [1.165, 1.54) is 0 Å². The number of piperidine rings is 1. The van der Waals surface area contributed by atoms with Gasteiger partial charge in [-0.05, 0) is 53.6 Å². The first-order chi connectivity index (χ1) is 14.8. The summed E-state index contributed by atoms with van der Waals surface area (Å²) in [5, 5.41) is 21.3. The summed E-state index contributed by atoms with van der Waals surface area (Å²) >= 11 is 0. The summed E-state index contributed by atoms with van der Waals surface area (Å²) in [5.74, 6) is -0.847. The molecule has 0 spiro atoms. The molecule has 6 heteroatoms. The molecule has 0 aliphatic carbocycles. The Kier molecular flexibility index (Phi) is 7.13. The fourth-order valence-electron chi connectivity index (χ4n) is 4.19. The number of phenols is 1. The van der Waals surface area contributed by atoms with Crippen molar-refractivity contribution in [2.75, 3.05) is 26.2 Å². The number of carbonyl (C=O) groups is 2. The highest BCUT2D eigenvalue weighted by Gasteiger charge is 2.38. The van der Waals surface area contributed by atoms with Gasteiger partial charge in [-0.3, -0.25) is 14.5 Å². The monoisotopic (exact) mass is 422 g/mol. The van der Waals surface area contributed by atoms with Gasteiger partial charge < -0.3 is 15.5 Å². The van der Waals surface area contributed by atoms with Gasteiger partial charge in [0.05, 0.1) is 0 Å². The first-order valence-corrected chi connectivity index (χ1v) is 10.6. The number of rotatable bonds is 7. The number of carboxylic acids is 1. The molecule has 3 rings (SSSR count). The zero-order valence-electron chi connectivity index (χ0n) is 18.0. The second-order valence-electron chi connectivity index (χ2n) is 8.51. The molecule has 2 atom stereocenters. The lowest BCUT2D eigenvalue weighted by molar-refractivity contribution is -0.137. The molecule has 2 aromatic rings. The van der Waals surface area contributed by atoms with Crippen molar-refractivity contribution < 1.29 is 19.8 Å². The molecule has 1 heterocycles. The number of hydrogen-bond acceptors (Lipinski definition) is 4. The number of aromatic hydroxyl groups is 1. The molecule has 2 unspecified atom stereocenters. The van der Waals surface area contributed by atoms with Gasteiger partial charge in [-0.15, -0.1) is 0 Å². The average molecular weight is 423 g/mol. The van der Waals surface area contributed by atoms with Crippen LogP contribution in [-0.2, 0) is 15.0 Å². The first-order valence-electron chi connectivity index (χ1n) is 10.6. The summed E-state index contributed by atoms with van der Waals surface area (Å²) < 4.78 is 0. The molecule has 3 N–H and O–H groups in total. The number of hydrogen-bond donors (Lipinski definition) is 3. The van der Waals surface area contributed by atoms with E-state index in [0.29, 0.717) is 18.0 Å². The van der Waals surface area contributed by atoms with E-state index in [9.17, 15) is 14.7 Å². The van der Waals surface area contributed by atoms with Crippen LogP contribution in [0.1, 0.15) is 31.4 Å². The zero-order valence-corrected chi connectivity index (χ0v) is 18.0. The molecule has 0 radical (unpaired) electrons. The first kappa shape index (κ1) is 22.6. The van der Waals surface area contributed by atoms with Crippen LogP contribution in [0.4, 0.5) is 0 Å². The van der Waals surface area contributed by atoms with E-state index in [0.717, 1.165) is 30.6 Å². The minimum Gasteiger partial charge on any atom is -0.508 e. The molecule has 1 fully saturated rings. The molecular weight excluding hydrogens is 392 g/mol. The number of aliphatic carboxylic acids is 1. The van der Waals surface area contributed by atoms with Crippen LogP contribution in [0.2, 0.25) is 0 Å². The third-order valence-electron chi connectivity index (χ3n) is 6.30. The highest BCUT2D eigenvalue weighted by Crippen LogP contribution is 2.40. The topological polar surface area (TPSA) is 89.9 Å². The lowest BCUT2D eigenvalue weighted by Crippen LogP contribution is -2.48. The molecule has 0 bridgehead atoms. The van der Waals surface area contributed by atoms with Crippen molar-refractivity contribution in [3.8, 4) is 5.75 Å². The maximum atomic E-state index is 12.7. The van der Waals surface area contributed by atoms with Gasteiger partial charge in [-0.2, -0.15) is 0 Å². The highest BCUT2D eigenvalue weighted by molar-refractivity contribution is 5.99. The average Bonchev–Trinajstić information content (AvgIpc) is 2.75. The van der Waals surface area contributed by atoms with E-state index in [-0.39, 0.29) is 17.1 Å². The molecule has 0 aromatic heterocycles. The molecule has 0 saturated carbocycles. The number of benzene rings is 2. The summed E-state index contributed by atoms with van der Waals surface area (Å²) in [7, 11) is 0. The Hall–Kier alpha value is -3.12. The molecule has 1 saturated heterocycles. The Balaban J connectivity index is 1.75. The second kappa shape index (κ2) is 9.79. The molecule has 164 valence electrons. The maximum Gasteiger partial charge on any atom is 0.322 e. The van der Waals surface area contributed by atoms with Gasteiger partial charge in [0.25, 0.3) is 0 Å². The number of carboxylic acid groups (broad SMARTS) is 1. The van der Waals surface area contributed by atoms with Crippen LogP contribution in [0.25, 0.3) is 6.08 Å². The van der Waals surface area contributed by atoms with Crippen molar-refractivity contribution in [1.29, 1.82) is 0 Å². The van der Waals surface area contributed by atoms with E-state index < -0.39 is 12.5 Å². The van der Waals surface area contributed by atoms with Gasteiger partial charge in [0, 0.05) is 18.7 Å². The summed E-state index contributed by atoms with van der Waals surface area (Å²) in [6, 6.07) is 17.0. The van der Waals surface area contributed by atoms with Crippen LogP contribution in [0.3, 0.4) is 0 Å². The van der Waals surface area contributed by atoms with Crippen LogP contribution in [0.5, 0.6) is 5.75 Å². The fraction of sp³-hybridized carbons (Fsp3) is 0.360. The standard InChI is InChI=1S/C25H30N2O4/c1-18-16-27(12-11-25(18,2)21-9-6-10-22(28)14-21)17-20(24(31)26-15-23(29)30)13-19-7-4-3-5-8-19/h3-10,13-14,18,28H,11-12,15-17H2,1-2H3,(H,26,31)(H,29,30)/b20-13+. The van der Waals surface area contributed by atoms with Crippen molar-refractivity contribution >= 4 is 18.0 Å².